The molecule has 0 radical (unpaired) electrons. The number of unbranched alkanes of at least 4 members (excludes halogenated alkanes) is 1. The van der Waals surface area contributed by atoms with Crippen molar-refractivity contribution in [2.75, 3.05) is 6.54 Å². The van der Waals surface area contributed by atoms with Gasteiger partial charge >= 0.3 is 0 Å². The summed E-state index contributed by atoms with van der Waals surface area (Å²) in [5.41, 5.74) is 1.26. The van der Waals surface area contributed by atoms with E-state index in [0.717, 1.165) is 18.7 Å². The second kappa shape index (κ2) is 8.15. The lowest BCUT2D eigenvalue weighted by molar-refractivity contribution is 0.213. The highest BCUT2D eigenvalue weighted by Gasteiger charge is 2.12. The average Bonchev–Trinajstić information content (AvgIpc) is 2.39. The van der Waals surface area contributed by atoms with Gasteiger partial charge in [0.2, 0.25) is 0 Å². The van der Waals surface area contributed by atoms with Crippen LogP contribution in [0.3, 0.4) is 0 Å². The zero-order valence-corrected chi connectivity index (χ0v) is 12.2. The van der Waals surface area contributed by atoms with Gasteiger partial charge in [-0.15, -0.1) is 0 Å². The molecule has 0 aliphatic rings. The van der Waals surface area contributed by atoms with Gasteiger partial charge in [-0.3, -0.25) is 0 Å². The minimum Gasteiger partial charge on any atom is -0.490 e. The zero-order chi connectivity index (χ0) is 13.4. The normalized spacial score (nSPS) is 14.2. The fourth-order valence-electron chi connectivity index (χ4n) is 1.85. The Morgan fingerprint density at radius 3 is 2.56 bits per heavy atom. The van der Waals surface area contributed by atoms with Crippen molar-refractivity contribution in [3.63, 3.8) is 0 Å². The lowest BCUT2D eigenvalue weighted by Gasteiger charge is -2.20. The third-order valence-electron chi connectivity index (χ3n) is 3.27. The minimum atomic E-state index is 0.272. The second-order valence-corrected chi connectivity index (χ2v) is 4.90. The summed E-state index contributed by atoms with van der Waals surface area (Å²) in [6.07, 6.45) is 3.75. The van der Waals surface area contributed by atoms with E-state index in [0.29, 0.717) is 6.04 Å². The maximum atomic E-state index is 5.98. The van der Waals surface area contributed by atoms with Gasteiger partial charge in [0.15, 0.2) is 0 Å². The van der Waals surface area contributed by atoms with E-state index >= 15 is 0 Å². The van der Waals surface area contributed by atoms with Crippen molar-refractivity contribution < 1.29 is 4.74 Å². The third kappa shape index (κ3) is 4.69. The largest absolute Gasteiger partial charge is 0.490 e. The summed E-state index contributed by atoms with van der Waals surface area (Å²) < 4.78 is 5.98. The summed E-state index contributed by atoms with van der Waals surface area (Å²) in [5, 5.41) is 3.55. The smallest absolute Gasteiger partial charge is 0.124 e. The predicted molar refractivity (Wildman–Crippen MR) is 78.1 cm³/mol. The molecule has 0 heterocycles. The molecule has 2 nitrogen and oxygen atoms in total. The number of nitrogens with one attached hydrogen (secondary N) is 1. The lowest BCUT2D eigenvalue weighted by Crippen LogP contribution is -2.21. The molecule has 0 fully saturated rings. The first-order chi connectivity index (χ1) is 8.69. The number of benzene rings is 1. The van der Waals surface area contributed by atoms with Crippen LogP contribution in [0.1, 0.15) is 58.6 Å². The maximum Gasteiger partial charge on any atom is 0.124 e. The molecule has 1 aromatic carbocycles. The van der Waals surface area contributed by atoms with E-state index in [1.807, 2.05) is 6.07 Å². The van der Waals surface area contributed by atoms with E-state index in [9.17, 15) is 0 Å². The minimum absolute atomic E-state index is 0.272. The van der Waals surface area contributed by atoms with Crippen molar-refractivity contribution >= 4 is 0 Å². The highest BCUT2D eigenvalue weighted by molar-refractivity contribution is 5.35. The zero-order valence-electron chi connectivity index (χ0n) is 12.2. The monoisotopic (exact) mass is 249 g/mol. The van der Waals surface area contributed by atoms with Crippen molar-refractivity contribution in [3.05, 3.63) is 29.8 Å². The van der Waals surface area contributed by atoms with E-state index < -0.39 is 0 Å². The highest BCUT2D eigenvalue weighted by atomic mass is 16.5. The Balaban J connectivity index is 2.68. The van der Waals surface area contributed by atoms with Gasteiger partial charge in [0.1, 0.15) is 5.75 Å². The molecule has 1 aromatic rings. The van der Waals surface area contributed by atoms with Crippen LogP contribution in [0.4, 0.5) is 0 Å². The van der Waals surface area contributed by atoms with E-state index in [1.54, 1.807) is 0 Å². The average molecular weight is 249 g/mol. The Morgan fingerprint density at radius 1 is 1.17 bits per heavy atom. The van der Waals surface area contributed by atoms with Crippen molar-refractivity contribution in [2.24, 2.45) is 0 Å². The summed E-state index contributed by atoms with van der Waals surface area (Å²) in [6.45, 7) is 9.75. The SMILES string of the molecule is CCCCN[C@@H](C)c1ccccc1O[C@H](C)CC. The van der Waals surface area contributed by atoms with Crippen molar-refractivity contribution in [2.45, 2.75) is 59.1 Å². The molecule has 2 atom stereocenters. The first-order valence-corrected chi connectivity index (χ1v) is 7.18. The molecule has 2 heteroatoms. The van der Waals surface area contributed by atoms with Gasteiger partial charge in [0, 0.05) is 11.6 Å². The fourth-order valence-corrected chi connectivity index (χ4v) is 1.85. The van der Waals surface area contributed by atoms with Crippen molar-refractivity contribution in [3.8, 4) is 5.75 Å². The molecular formula is C16H27NO. The Labute approximate surface area is 112 Å². The van der Waals surface area contributed by atoms with E-state index in [2.05, 4.69) is 51.2 Å². The standard InChI is InChI=1S/C16H27NO/c1-5-7-12-17-14(4)15-10-8-9-11-16(15)18-13(3)6-2/h8-11,13-14,17H,5-7,12H2,1-4H3/t13-,14+/m1/s1. The predicted octanol–water partition coefficient (Wildman–Crippen LogP) is 4.31. The van der Waals surface area contributed by atoms with Crippen LogP contribution in [0, 0.1) is 0 Å². The molecule has 18 heavy (non-hydrogen) atoms. The molecule has 0 saturated carbocycles. The van der Waals surface area contributed by atoms with E-state index in [4.69, 9.17) is 4.74 Å². The summed E-state index contributed by atoms with van der Waals surface area (Å²) in [4.78, 5) is 0. The first-order valence-electron chi connectivity index (χ1n) is 7.18. The molecule has 0 unspecified atom stereocenters. The Kier molecular flexibility index (Phi) is 6.81. The van der Waals surface area contributed by atoms with Crippen LogP contribution in [0.5, 0.6) is 5.75 Å². The van der Waals surface area contributed by atoms with E-state index in [-0.39, 0.29) is 6.10 Å². The van der Waals surface area contributed by atoms with Crippen LogP contribution in [0.25, 0.3) is 0 Å². The van der Waals surface area contributed by atoms with Gasteiger partial charge in [0.05, 0.1) is 6.10 Å². The van der Waals surface area contributed by atoms with Crippen LogP contribution in [0.2, 0.25) is 0 Å². The fraction of sp³-hybridized carbons (Fsp3) is 0.625. The molecule has 1 rings (SSSR count). The quantitative estimate of drug-likeness (QED) is 0.693. The molecule has 0 aliphatic carbocycles. The topological polar surface area (TPSA) is 21.3 Å². The summed E-state index contributed by atoms with van der Waals surface area (Å²) in [6, 6.07) is 8.69. The Morgan fingerprint density at radius 2 is 1.89 bits per heavy atom. The lowest BCUT2D eigenvalue weighted by atomic mass is 10.1. The summed E-state index contributed by atoms with van der Waals surface area (Å²) in [5.74, 6) is 1.02. The Bertz CT molecular complexity index is 338. The summed E-state index contributed by atoms with van der Waals surface area (Å²) >= 11 is 0. The first kappa shape index (κ1) is 15.0. The molecule has 0 aromatic heterocycles. The van der Waals surface area contributed by atoms with Crippen LogP contribution in [0.15, 0.2) is 24.3 Å². The molecular weight excluding hydrogens is 222 g/mol. The van der Waals surface area contributed by atoms with Crippen molar-refractivity contribution in [1.82, 2.24) is 5.32 Å². The summed E-state index contributed by atoms with van der Waals surface area (Å²) in [7, 11) is 0. The molecule has 0 amide bonds. The van der Waals surface area contributed by atoms with Crippen LogP contribution >= 0.6 is 0 Å². The van der Waals surface area contributed by atoms with Gasteiger partial charge in [-0.05, 0) is 39.3 Å². The van der Waals surface area contributed by atoms with Gasteiger partial charge < -0.3 is 10.1 Å². The number of ether oxygens (including phenoxy) is 1. The van der Waals surface area contributed by atoms with Crippen LogP contribution < -0.4 is 10.1 Å². The molecule has 0 aliphatic heterocycles. The van der Waals surface area contributed by atoms with Gasteiger partial charge in [-0.25, -0.2) is 0 Å². The van der Waals surface area contributed by atoms with Crippen LogP contribution in [-0.4, -0.2) is 12.6 Å². The maximum absolute atomic E-state index is 5.98. The molecule has 102 valence electrons. The van der Waals surface area contributed by atoms with Gasteiger partial charge in [-0.1, -0.05) is 38.5 Å². The van der Waals surface area contributed by atoms with Crippen LogP contribution in [-0.2, 0) is 0 Å². The molecule has 0 spiro atoms. The van der Waals surface area contributed by atoms with Crippen molar-refractivity contribution in [1.29, 1.82) is 0 Å². The number of para-hydroxylation sites is 1. The highest BCUT2D eigenvalue weighted by Crippen LogP contribution is 2.26. The van der Waals surface area contributed by atoms with E-state index in [1.165, 1.54) is 18.4 Å². The number of hydrogen-bond acceptors (Lipinski definition) is 2. The third-order valence-corrected chi connectivity index (χ3v) is 3.27. The van der Waals surface area contributed by atoms with Gasteiger partial charge in [-0.2, -0.15) is 0 Å². The number of hydrogen-bond donors (Lipinski definition) is 1. The molecule has 0 saturated heterocycles. The number of rotatable bonds is 8. The molecule has 1 N–H and O–H groups in total. The molecule has 0 bridgehead atoms. The van der Waals surface area contributed by atoms with Gasteiger partial charge in [0.25, 0.3) is 0 Å². The second-order valence-electron chi connectivity index (χ2n) is 4.90. The Hall–Kier alpha value is -1.02.